The summed E-state index contributed by atoms with van der Waals surface area (Å²) in [5.74, 6) is 0.588. The van der Waals surface area contributed by atoms with Crippen LogP contribution in [0.5, 0.6) is 0 Å². The minimum atomic E-state index is -3.18. The van der Waals surface area contributed by atoms with E-state index in [4.69, 9.17) is 0 Å². The van der Waals surface area contributed by atoms with Crippen LogP contribution in [0.25, 0.3) is 0 Å². The molecule has 1 aromatic rings. The quantitative estimate of drug-likeness (QED) is 0.856. The lowest BCUT2D eigenvalue weighted by molar-refractivity contribution is 0.586. The van der Waals surface area contributed by atoms with E-state index >= 15 is 0 Å². The van der Waals surface area contributed by atoms with Crippen molar-refractivity contribution in [2.24, 2.45) is 5.92 Å². The maximum Gasteiger partial charge on any atom is 0.215 e. The molecule has 0 amide bonds. The number of hydrogen-bond acceptors (Lipinski definition) is 2. The summed E-state index contributed by atoms with van der Waals surface area (Å²) in [6, 6.07) is 7.71. The van der Waals surface area contributed by atoms with Crippen molar-refractivity contribution in [3.8, 4) is 0 Å². The van der Waals surface area contributed by atoms with Crippen molar-refractivity contribution in [3.63, 3.8) is 0 Å². The molecule has 1 rings (SSSR count). The van der Waals surface area contributed by atoms with E-state index in [1.807, 2.05) is 24.3 Å². The summed E-state index contributed by atoms with van der Waals surface area (Å²) in [6.07, 6.45) is 0.912. The fourth-order valence-corrected chi connectivity index (χ4v) is 2.45. The van der Waals surface area contributed by atoms with Gasteiger partial charge >= 0.3 is 0 Å². The van der Waals surface area contributed by atoms with Crippen LogP contribution in [0.1, 0.15) is 25.0 Å². The molecule has 0 bridgehead atoms. The third-order valence-electron chi connectivity index (χ3n) is 2.40. The topological polar surface area (TPSA) is 46.2 Å². The van der Waals surface area contributed by atoms with Gasteiger partial charge in [0.15, 0.2) is 0 Å². The van der Waals surface area contributed by atoms with Crippen LogP contribution in [-0.2, 0) is 22.2 Å². The van der Waals surface area contributed by atoms with Crippen molar-refractivity contribution >= 4 is 10.0 Å². The van der Waals surface area contributed by atoms with Crippen molar-refractivity contribution in [2.75, 3.05) is 7.05 Å². The minimum absolute atomic E-state index is 0.0619. The molecule has 4 heteroatoms. The zero-order chi connectivity index (χ0) is 12.2. The second-order valence-electron chi connectivity index (χ2n) is 4.33. The van der Waals surface area contributed by atoms with Gasteiger partial charge in [0, 0.05) is 0 Å². The Bertz CT molecular complexity index is 438. The molecule has 0 aliphatic carbocycles. The van der Waals surface area contributed by atoms with Gasteiger partial charge in [-0.1, -0.05) is 38.1 Å². The van der Waals surface area contributed by atoms with Gasteiger partial charge in [-0.05, 0) is 30.5 Å². The van der Waals surface area contributed by atoms with E-state index in [0.717, 1.165) is 17.5 Å². The molecule has 1 aromatic carbocycles. The first-order valence-electron chi connectivity index (χ1n) is 5.42. The lowest BCUT2D eigenvalue weighted by Gasteiger charge is -2.11. The van der Waals surface area contributed by atoms with Gasteiger partial charge < -0.3 is 0 Å². The predicted molar refractivity (Wildman–Crippen MR) is 66.7 cm³/mol. The van der Waals surface area contributed by atoms with E-state index in [-0.39, 0.29) is 5.75 Å². The maximum atomic E-state index is 11.5. The molecule has 1 N–H and O–H groups in total. The predicted octanol–water partition coefficient (Wildman–Crippen LogP) is 1.93. The number of benzene rings is 1. The van der Waals surface area contributed by atoms with Gasteiger partial charge in [0.2, 0.25) is 10.0 Å². The van der Waals surface area contributed by atoms with Crippen LogP contribution < -0.4 is 4.72 Å². The first-order valence-corrected chi connectivity index (χ1v) is 7.08. The molecule has 0 saturated heterocycles. The second kappa shape index (κ2) is 5.46. The van der Waals surface area contributed by atoms with E-state index in [1.54, 1.807) is 0 Å². The summed E-state index contributed by atoms with van der Waals surface area (Å²) >= 11 is 0. The summed E-state index contributed by atoms with van der Waals surface area (Å²) in [7, 11) is -1.74. The lowest BCUT2D eigenvalue weighted by Crippen LogP contribution is -2.21. The first-order chi connectivity index (χ1) is 7.44. The van der Waals surface area contributed by atoms with Crippen LogP contribution in [0.15, 0.2) is 24.3 Å². The molecule has 0 unspecified atom stereocenters. The molecule has 0 radical (unpaired) electrons. The Morgan fingerprint density at radius 3 is 2.25 bits per heavy atom. The number of nitrogens with one attached hydrogen (secondary N) is 1. The van der Waals surface area contributed by atoms with Crippen LogP contribution in [0.4, 0.5) is 0 Å². The molecule has 0 aromatic heterocycles. The Hall–Kier alpha value is -0.870. The van der Waals surface area contributed by atoms with E-state index in [9.17, 15) is 8.42 Å². The highest BCUT2D eigenvalue weighted by Crippen LogP contribution is 2.15. The van der Waals surface area contributed by atoms with Crippen LogP contribution in [0.3, 0.4) is 0 Å². The molecule has 0 saturated carbocycles. The van der Waals surface area contributed by atoms with Crippen LogP contribution in [-0.4, -0.2) is 15.5 Å². The van der Waals surface area contributed by atoms with Gasteiger partial charge in [-0.25, -0.2) is 13.1 Å². The van der Waals surface area contributed by atoms with Gasteiger partial charge in [-0.3, -0.25) is 0 Å². The zero-order valence-corrected chi connectivity index (χ0v) is 10.8. The third-order valence-corrected chi connectivity index (χ3v) is 3.72. The molecular weight excluding hydrogens is 222 g/mol. The van der Waals surface area contributed by atoms with E-state index in [2.05, 4.69) is 18.6 Å². The minimum Gasteiger partial charge on any atom is -0.218 e. The molecule has 0 spiro atoms. The highest BCUT2D eigenvalue weighted by atomic mass is 32.2. The van der Waals surface area contributed by atoms with Crippen LogP contribution in [0.2, 0.25) is 0 Å². The highest BCUT2D eigenvalue weighted by molar-refractivity contribution is 7.88. The summed E-state index contributed by atoms with van der Waals surface area (Å²) in [5.41, 5.74) is 2.02. The molecule has 0 fully saturated rings. The van der Waals surface area contributed by atoms with E-state index < -0.39 is 10.0 Å². The Labute approximate surface area is 97.9 Å². The number of rotatable bonds is 5. The van der Waals surface area contributed by atoms with Crippen molar-refractivity contribution in [2.45, 2.75) is 26.0 Å². The van der Waals surface area contributed by atoms with Gasteiger partial charge in [-0.15, -0.1) is 0 Å². The molecule has 16 heavy (non-hydrogen) atoms. The smallest absolute Gasteiger partial charge is 0.215 e. The molecule has 0 atom stereocenters. The molecule has 0 heterocycles. The van der Waals surface area contributed by atoms with Crippen LogP contribution >= 0.6 is 0 Å². The Morgan fingerprint density at radius 2 is 1.75 bits per heavy atom. The monoisotopic (exact) mass is 241 g/mol. The number of sulfonamides is 1. The molecule has 90 valence electrons. The fraction of sp³-hybridized carbons (Fsp3) is 0.500. The second-order valence-corrected chi connectivity index (χ2v) is 6.26. The van der Waals surface area contributed by atoms with Crippen molar-refractivity contribution in [1.82, 2.24) is 4.72 Å². The highest BCUT2D eigenvalue weighted by Gasteiger charge is 2.12. The van der Waals surface area contributed by atoms with Crippen molar-refractivity contribution < 1.29 is 8.42 Å². The summed E-state index contributed by atoms with van der Waals surface area (Å²) < 4.78 is 25.3. The Kier molecular flexibility index (Phi) is 4.50. The SMILES string of the molecule is CNS(=O)(=O)Cc1ccccc1CC(C)C. The maximum absolute atomic E-state index is 11.5. The van der Waals surface area contributed by atoms with Gasteiger partial charge in [-0.2, -0.15) is 0 Å². The van der Waals surface area contributed by atoms with E-state index in [1.165, 1.54) is 7.05 Å². The summed E-state index contributed by atoms with van der Waals surface area (Å²) in [4.78, 5) is 0. The standard InChI is InChI=1S/C12H19NO2S/c1-10(2)8-11-6-4-5-7-12(11)9-16(14,15)13-3/h4-7,10,13H,8-9H2,1-3H3. The van der Waals surface area contributed by atoms with Crippen molar-refractivity contribution in [3.05, 3.63) is 35.4 Å². The average Bonchev–Trinajstić information content (AvgIpc) is 2.20. The van der Waals surface area contributed by atoms with Crippen LogP contribution in [0, 0.1) is 5.92 Å². The number of hydrogen-bond donors (Lipinski definition) is 1. The normalized spacial score (nSPS) is 12.0. The van der Waals surface area contributed by atoms with Gasteiger partial charge in [0.25, 0.3) is 0 Å². The third kappa shape index (κ3) is 3.94. The van der Waals surface area contributed by atoms with Gasteiger partial charge in [0.05, 0.1) is 5.75 Å². The largest absolute Gasteiger partial charge is 0.218 e. The molecular formula is C12H19NO2S. The Morgan fingerprint density at radius 1 is 1.19 bits per heavy atom. The van der Waals surface area contributed by atoms with E-state index in [0.29, 0.717) is 5.92 Å². The summed E-state index contributed by atoms with van der Waals surface area (Å²) in [5, 5.41) is 0. The average molecular weight is 241 g/mol. The zero-order valence-electron chi connectivity index (χ0n) is 10.0. The lowest BCUT2D eigenvalue weighted by atomic mass is 9.99. The Balaban J connectivity index is 2.95. The van der Waals surface area contributed by atoms with Crippen molar-refractivity contribution in [1.29, 1.82) is 0 Å². The first kappa shape index (κ1) is 13.2. The molecule has 0 aliphatic rings. The molecule has 3 nitrogen and oxygen atoms in total. The summed E-state index contributed by atoms with van der Waals surface area (Å²) in [6.45, 7) is 4.26. The fourth-order valence-electron chi connectivity index (χ4n) is 1.61. The van der Waals surface area contributed by atoms with Gasteiger partial charge in [0.1, 0.15) is 0 Å². The molecule has 0 aliphatic heterocycles.